The smallest absolute Gasteiger partial charge is 0.243 e. The zero-order valence-corrected chi connectivity index (χ0v) is 14.2. The van der Waals surface area contributed by atoms with Crippen molar-refractivity contribution in [2.75, 3.05) is 13.1 Å². The molecule has 1 aliphatic rings. The van der Waals surface area contributed by atoms with Gasteiger partial charge in [0, 0.05) is 25.0 Å². The molecular formula is C16H24N2O3S. The molecule has 0 atom stereocenters. The van der Waals surface area contributed by atoms with Gasteiger partial charge >= 0.3 is 0 Å². The summed E-state index contributed by atoms with van der Waals surface area (Å²) in [6, 6.07) is 7.12. The fraction of sp³-hybridized carbons (Fsp3) is 0.562. The van der Waals surface area contributed by atoms with E-state index in [1.54, 1.807) is 25.1 Å². The van der Waals surface area contributed by atoms with E-state index in [0.717, 1.165) is 5.56 Å². The topological polar surface area (TPSA) is 66.5 Å². The SMILES string of the molecule is Cc1ccccc1S(=O)(=O)N1CCC(C(=O)NC(C)C)CC1. The molecule has 1 fully saturated rings. The van der Waals surface area contributed by atoms with Gasteiger partial charge in [-0.1, -0.05) is 18.2 Å². The first-order valence-electron chi connectivity index (χ1n) is 7.68. The number of carbonyl (C=O) groups is 1. The molecule has 0 spiro atoms. The second-order valence-corrected chi connectivity index (χ2v) is 8.01. The van der Waals surface area contributed by atoms with E-state index in [2.05, 4.69) is 5.32 Å². The van der Waals surface area contributed by atoms with Crippen molar-refractivity contribution >= 4 is 15.9 Å². The molecule has 0 aromatic heterocycles. The fourth-order valence-corrected chi connectivity index (χ4v) is 4.44. The molecule has 1 aliphatic heterocycles. The Morgan fingerprint density at radius 1 is 1.23 bits per heavy atom. The Balaban J connectivity index is 2.05. The minimum Gasteiger partial charge on any atom is -0.354 e. The number of nitrogens with zero attached hydrogens (tertiary/aromatic N) is 1. The molecule has 6 heteroatoms. The lowest BCUT2D eigenvalue weighted by molar-refractivity contribution is -0.126. The van der Waals surface area contributed by atoms with Crippen LogP contribution >= 0.6 is 0 Å². The zero-order valence-electron chi connectivity index (χ0n) is 13.4. The van der Waals surface area contributed by atoms with Crippen LogP contribution in [0.2, 0.25) is 0 Å². The average molecular weight is 324 g/mol. The molecule has 122 valence electrons. The molecule has 0 aliphatic carbocycles. The van der Waals surface area contributed by atoms with Crippen LogP contribution in [0.5, 0.6) is 0 Å². The van der Waals surface area contributed by atoms with Gasteiger partial charge in [-0.3, -0.25) is 4.79 Å². The monoisotopic (exact) mass is 324 g/mol. The quantitative estimate of drug-likeness (QED) is 0.920. The highest BCUT2D eigenvalue weighted by Gasteiger charge is 2.32. The number of hydrogen-bond acceptors (Lipinski definition) is 3. The summed E-state index contributed by atoms with van der Waals surface area (Å²) in [6.45, 7) is 6.45. The molecule has 1 heterocycles. The maximum Gasteiger partial charge on any atom is 0.243 e. The summed E-state index contributed by atoms with van der Waals surface area (Å²) in [7, 11) is -3.46. The summed E-state index contributed by atoms with van der Waals surface area (Å²) >= 11 is 0. The predicted octanol–water partition coefficient (Wildman–Crippen LogP) is 1.92. The molecule has 2 rings (SSSR count). The molecule has 1 aromatic rings. The summed E-state index contributed by atoms with van der Waals surface area (Å²) in [5, 5.41) is 2.90. The van der Waals surface area contributed by atoms with Gasteiger partial charge in [0.1, 0.15) is 0 Å². The van der Waals surface area contributed by atoms with Gasteiger partial charge in [-0.05, 0) is 45.2 Å². The van der Waals surface area contributed by atoms with Crippen LogP contribution in [0, 0.1) is 12.8 Å². The lowest BCUT2D eigenvalue weighted by atomic mass is 9.97. The van der Waals surface area contributed by atoms with Crippen LogP contribution < -0.4 is 5.32 Å². The van der Waals surface area contributed by atoms with E-state index < -0.39 is 10.0 Å². The molecule has 1 saturated heterocycles. The minimum absolute atomic E-state index is 0.0305. The number of carbonyl (C=O) groups excluding carboxylic acids is 1. The van der Waals surface area contributed by atoms with Crippen LogP contribution in [-0.2, 0) is 14.8 Å². The molecule has 0 radical (unpaired) electrons. The maximum absolute atomic E-state index is 12.7. The number of benzene rings is 1. The summed E-state index contributed by atoms with van der Waals surface area (Å²) in [5.41, 5.74) is 0.752. The van der Waals surface area contributed by atoms with E-state index in [-0.39, 0.29) is 17.9 Å². The van der Waals surface area contributed by atoms with Crippen LogP contribution in [-0.4, -0.2) is 37.8 Å². The van der Waals surface area contributed by atoms with Crippen molar-refractivity contribution in [1.82, 2.24) is 9.62 Å². The molecule has 0 saturated carbocycles. The Hall–Kier alpha value is -1.40. The van der Waals surface area contributed by atoms with Gasteiger partial charge < -0.3 is 5.32 Å². The first-order valence-corrected chi connectivity index (χ1v) is 9.12. The number of hydrogen-bond donors (Lipinski definition) is 1. The third-order valence-electron chi connectivity index (χ3n) is 3.97. The highest BCUT2D eigenvalue weighted by atomic mass is 32.2. The zero-order chi connectivity index (χ0) is 16.3. The van der Waals surface area contributed by atoms with E-state index in [4.69, 9.17) is 0 Å². The van der Waals surface area contributed by atoms with Crippen molar-refractivity contribution < 1.29 is 13.2 Å². The lowest BCUT2D eigenvalue weighted by Gasteiger charge is -2.31. The largest absolute Gasteiger partial charge is 0.354 e. The number of rotatable bonds is 4. The fourth-order valence-electron chi connectivity index (χ4n) is 2.75. The summed E-state index contributed by atoms with van der Waals surface area (Å²) in [5.74, 6) is -0.0614. The van der Waals surface area contributed by atoms with Gasteiger partial charge in [0.25, 0.3) is 0 Å². The number of aryl methyl sites for hydroxylation is 1. The second-order valence-electron chi connectivity index (χ2n) is 6.11. The van der Waals surface area contributed by atoms with Crippen molar-refractivity contribution in [3.8, 4) is 0 Å². The standard InChI is InChI=1S/C16H24N2O3S/c1-12(2)17-16(19)14-8-10-18(11-9-14)22(20,21)15-7-5-4-6-13(15)3/h4-7,12,14H,8-11H2,1-3H3,(H,17,19). The van der Waals surface area contributed by atoms with Crippen molar-refractivity contribution in [1.29, 1.82) is 0 Å². The third-order valence-corrected chi connectivity index (χ3v) is 6.03. The lowest BCUT2D eigenvalue weighted by Crippen LogP contribution is -2.44. The van der Waals surface area contributed by atoms with Crippen LogP contribution in [0.4, 0.5) is 0 Å². The van der Waals surface area contributed by atoms with Crippen molar-refractivity contribution in [3.63, 3.8) is 0 Å². The molecular weight excluding hydrogens is 300 g/mol. The Kier molecular flexibility index (Phi) is 5.24. The van der Waals surface area contributed by atoms with E-state index in [9.17, 15) is 13.2 Å². The Labute approximate surface area is 132 Å². The number of amides is 1. The molecule has 0 bridgehead atoms. The van der Waals surface area contributed by atoms with Gasteiger partial charge in [-0.25, -0.2) is 8.42 Å². The molecule has 1 N–H and O–H groups in total. The molecule has 22 heavy (non-hydrogen) atoms. The summed E-state index contributed by atoms with van der Waals surface area (Å²) < 4.78 is 26.9. The summed E-state index contributed by atoms with van der Waals surface area (Å²) in [4.78, 5) is 12.4. The molecule has 1 amide bonds. The highest BCUT2D eigenvalue weighted by molar-refractivity contribution is 7.89. The number of piperidine rings is 1. The van der Waals surface area contributed by atoms with Gasteiger partial charge in [0.2, 0.25) is 15.9 Å². The molecule has 5 nitrogen and oxygen atoms in total. The van der Waals surface area contributed by atoms with E-state index >= 15 is 0 Å². The number of sulfonamides is 1. The van der Waals surface area contributed by atoms with Crippen LogP contribution in [0.15, 0.2) is 29.2 Å². The summed E-state index contributed by atoms with van der Waals surface area (Å²) in [6.07, 6.45) is 1.15. The van der Waals surface area contributed by atoms with Gasteiger partial charge in [0.15, 0.2) is 0 Å². The van der Waals surface area contributed by atoms with Gasteiger partial charge in [0.05, 0.1) is 4.90 Å². The average Bonchev–Trinajstić information content (AvgIpc) is 2.47. The van der Waals surface area contributed by atoms with E-state index in [1.165, 1.54) is 4.31 Å². The van der Waals surface area contributed by atoms with Crippen molar-refractivity contribution in [3.05, 3.63) is 29.8 Å². The van der Waals surface area contributed by atoms with Crippen molar-refractivity contribution in [2.45, 2.75) is 44.6 Å². The first kappa shape index (κ1) is 17.0. The predicted molar refractivity (Wildman–Crippen MR) is 85.9 cm³/mol. The normalized spacial score (nSPS) is 17.6. The number of nitrogens with one attached hydrogen (secondary N) is 1. The molecule has 0 unspecified atom stereocenters. The Morgan fingerprint density at radius 2 is 1.82 bits per heavy atom. The maximum atomic E-state index is 12.7. The third kappa shape index (κ3) is 3.67. The Morgan fingerprint density at radius 3 is 2.36 bits per heavy atom. The van der Waals surface area contributed by atoms with E-state index in [1.807, 2.05) is 19.9 Å². The van der Waals surface area contributed by atoms with Gasteiger partial charge in [-0.15, -0.1) is 0 Å². The second kappa shape index (κ2) is 6.79. The van der Waals surface area contributed by atoms with Crippen LogP contribution in [0.3, 0.4) is 0 Å². The first-order chi connectivity index (χ1) is 10.3. The van der Waals surface area contributed by atoms with Crippen molar-refractivity contribution in [2.24, 2.45) is 5.92 Å². The minimum atomic E-state index is -3.46. The molecule has 1 aromatic carbocycles. The highest BCUT2D eigenvalue weighted by Crippen LogP contribution is 2.25. The van der Waals surface area contributed by atoms with Crippen LogP contribution in [0.1, 0.15) is 32.3 Å². The Bertz CT molecular complexity index is 633. The van der Waals surface area contributed by atoms with E-state index in [0.29, 0.717) is 30.8 Å². The van der Waals surface area contributed by atoms with Crippen LogP contribution in [0.25, 0.3) is 0 Å². The van der Waals surface area contributed by atoms with Gasteiger partial charge in [-0.2, -0.15) is 4.31 Å².